The Labute approximate surface area is 233 Å². The summed E-state index contributed by atoms with van der Waals surface area (Å²) in [5, 5.41) is 12.2. The highest BCUT2D eigenvalue weighted by molar-refractivity contribution is 6.43. The van der Waals surface area contributed by atoms with E-state index in [0.717, 1.165) is 56.6 Å². The Morgan fingerprint density at radius 3 is 2.58 bits per heavy atom. The van der Waals surface area contributed by atoms with Crippen molar-refractivity contribution >= 4 is 39.8 Å². The van der Waals surface area contributed by atoms with Gasteiger partial charge in [0.2, 0.25) is 6.41 Å². The molecule has 0 saturated carbocycles. The number of halogens is 2. The third kappa shape index (κ3) is 7.20. The zero-order valence-electron chi connectivity index (χ0n) is 22.0. The van der Waals surface area contributed by atoms with E-state index in [9.17, 15) is 9.90 Å². The number of aliphatic hydroxyl groups excluding tert-OH is 1. The van der Waals surface area contributed by atoms with Crippen LogP contribution in [-0.2, 0) is 11.5 Å². The van der Waals surface area contributed by atoms with Crippen molar-refractivity contribution in [1.82, 2.24) is 14.4 Å². The molecule has 2 aromatic carbocycles. The van der Waals surface area contributed by atoms with E-state index < -0.39 is 6.41 Å². The number of ether oxygens (including phenoxy) is 2. The van der Waals surface area contributed by atoms with Gasteiger partial charge in [0.15, 0.2) is 0 Å². The van der Waals surface area contributed by atoms with E-state index >= 15 is 0 Å². The number of aromatic nitrogens is 1. The maximum Gasteiger partial charge on any atom is 0.252 e. The minimum atomic E-state index is -1.08. The summed E-state index contributed by atoms with van der Waals surface area (Å²) in [6, 6.07) is 14.8. The molecule has 1 aliphatic rings. The number of benzene rings is 2. The third-order valence-electron chi connectivity index (χ3n) is 6.97. The van der Waals surface area contributed by atoms with Crippen LogP contribution in [0.15, 0.2) is 53.3 Å². The van der Waals surface area contributed by atoms with E-state index in [0.29, 0.717) is 34.5 Å². The first kappa shape index (κ1) is 28.7. The SMILES string of the molecule is CCN(C)C(O)OCn1c(=O)ccc2ccc(OCCCCN3CCN(c4cccc(Cl)c4Cl)CC3)cc21. The number of nitrogens with zero attached hydrogens (tertiary/aromatic N) is 4. The molecule has 206 valence electrons. The summed E-state index contributed by atoms with van der Waals surface area (Å²) in [5.74, 6) is 0.704. The van der Waals surface area contributed by atoms with E-state index in [4.69, 9.17) is 32.7 Å². The molecule has 0 bridgehead atoms. The second kappa shape index (κ2) is 13.6. The zero-order chi connectivity index (χ0) is 27.1. The molecule has 3 aromatic rings. The smallest absolute Gasteiger partial charge is 0.252 e. The standard InChI is InChI=1S/C28H36Cl2N4O4/c1-3-31(2)28(36)38-20-34-25-19-22(11-9-21(25)10-12-26(34)35)37-18-5-4-13-32-14-16-33(17-15-32)24-8-6-7-23(29)27(24)30/h6-12,19,28,36H,3-5,13-18,20H2,1-2H3. The summed E-state index contributed by atoms with van der Waals surface area (Å²) in [4.78, 5) is 18.9. The molecule has 0 aliphatic carbocycles. The molecule has 4 rings (SSSR count). The maximum atomic E-state index is 12.5. The van der Waals surface area contributed by atoms with Crippen LogP contribution >= 0.6 is 23.2 Å². The van der Waals surface area contributed by atoms with Gasteiger partial charge in [-0.05, 0) is 68.7 Å². The van der Waals surface area contributed by atoms with E-state index in [2.05, 4.69) is 9.80 Å². The van der Waals surface area contributed by atoms with E-state index in [1.807, 2.05) is 43.3 Å². The summed E-state index contributed by atoms with van der Waals surface area (Å²) in [5.41, 5.74) is 1.52. The van der Waals surface area contributed by atoms with Crippen LogP contribution in [0, 0.1) is 0 Å². The zero-order valence-corrected chi connectivity index (χ0v) is 23.5. The van der Waals surface area contributed by atoms with Gasteiger partial charge >= 0.3 is 0 Å². The molecular formula is C28H36Cl2N4O4. The van der Waals surface area contributed by atoms with Gasteiger partial charge in [-0.15, -0.1) is 0 Å². The molecule has 1 saturated heterocycles. The normalized spacial score (nSPS) is 15.4. The molecule has 0 radical (unpaired) electrons. The lowest BCUT2D eigenvalue weighted by atomic mass is 10.2. The van der Waals surface area contributed by atoms with Gasteiger partial charge in [0, 0.05) is 38.3 Å². The number of rotatable bonds is 12. The van der Waals surface area contributed by atoms with Crippen molar-refractivity contribution in [3.05, 3.63) is 68.9 Å². The number of anilines is 1. The third-order valence-corrected chi connectivity index (χ3v) is 7.78. The number of pyridine rings is 1. The molecule has 8 nitrogen and oxygen atoms in total. The highest BCUT2D eigenvalue weighted by Gasteiger charge is 2.19. The first-order valence-corrected chi connectivity index (χ1v) is 13.8. The lowest BCUT2D eigenvalue weighted by Gasteiger charge is -2.36. The summed E-state index contributed by atoms with van der Waals surface area (Å²) < 4.78 is 13.0. The van der Waals surface area contributed by atoms with E-state index in [1.165, 1.54) is 10.6 Å². The van der Waals surface area contributed by atoms with Crippen LogP contribution in [0.25, 0.3) is 10.9 Å². The molecule has 10 heteroatoms. The Morgan fingerprint density at radius 2 is 1.82 bits per heavy atom. The van der Waals surface area contributed by atoms with Crippen LogP contribution in [0.1, 0.15) is 19.8 Å². The quantitative estimate of drug-likeness (QED) is 0.257. The first-order chi connectivity index (χ1) is 18.4. The predicted molar refractivity (Wildman–Crippen MR) is 153 cm³/mol. The number of piperazine rings is 1. The molecule has 1 N–H and O–H groups in total. The molecule has 38 heavy (non-hydrogen) atoms. The van der Waals surface area contributed by atoms with Gasteiger partial charge in [0.1, 0.15) is 12.5 Å². The molecule has 1 aromatic heterocycles. The van der Waals surface area contributed by atoms with Crippen LogP contribution in [-0.4, -0.2) is 78.8 Å². The number of hydrogen-bond donors (Lipinski definition) is 1. The molecule has 0 amide bonds. The highest BCUT2D eigenvalue weighted by Crippen LogP contribution is 2.32. The summed E-state index contributed by atoms with van der Waals surface area (Å²) in [6.07, 6.45) is 0.880. The summed E-state index contributed by atoms with van der Waals surface area (Å²) in [7, 11) is 1.75. The minimum Gasteiger partial charge on any atom is -0.494 e. The van der Waals surface area contributed by atoms with Crippen LogP contribution < -0.4 is 15.2 Å². The van der Waals surface area contributed by atoms with Crippen LogP contribution in [0.3, 0.4) is 0 Å². The second-order valence-corrected chi connectivity index (χ2v) is 10.3. The van der Waals surface area contributed by atoms with Gasteiger partial charge in [-0.1, -0.05) is 36.2 Å². The second-order valence-electron chi connectivity index (χ2n) is 9.47. The maximum absolute atomic E-state index is 12.5. The molecule has 1 aliphatic heterocycles. The van der Waals surface area contributed by atoms with E-state index in [-0.39, 0.29) is 12.3 Å². The average Bonchev–Trinajstić information content (AvgIpc) is 2.93. The molecule has 1 atom stereocenters. The summed E-state index contributed by atoms with van der Waals surface area (Å²) in [6.45, 7) is 7.91. The van der Waals surface area contributed by atoms with Gasteiger partial charge < -0.3 is 19.5 Å². The van der Waals surface area contributed by atoms with Crippen LogP contribution in [0.4, 0.5) is 5.69 Å². The van der Waals surface area contributed by atoms with Crippen molar-refractivity contribution < 1.29 is 14.6 Å². The lowest BCUT2D eigenvalue weighted by molar-refractivity contribution is -0.202. The van der Waals surface area contributed by atoms with Crippen molar-refractivity contribution in [2.24, 2.45) is 0 Å². The number of hydrogen-bond acceptors (Lipinski definition) is 7. The minimum absolute atomic E-state index is 0.0537. The fraction of sp³-hybridized carbons (Fsp3) is 0.464. The summed E-state index contributed by atoms with van der Waals surface area (Å²) >= 11 is 12.6. The molecule has 1 unspecified atom stereocenters. The van der Waals surface area contributed by atoms with Crippen molar-refractivity contribution in [2.75, 3.05) is 57.8 Å². The Morgan fingerprint density at radius 1 is 1.05 bits per heavy atom. The van der Waals surface area contributed by atoms with Crippen molar-refractivity contribution in [2.45, 2.75) is 32.9 Å². The van der Waals surface area contributed by atoms with Gasteiger partial charge in [0.05, 0.1) is 27.9 Å². The Balaban J connectivity index is 1.24. The fourth-order valence-corrected chi connectivity index (χ4v) is 4.91. The van der Waals surface area contributed by atoms with Gasteiger partial charge in [0.25, 0.3) is 5.56 Å². The molecular weight excluding hydrogens is 527 g/mol. The van der Waals surface area contributed by atoms with Gasteiger partial charge in [-0.3, -0.25) is 19.2 Å². The van der Waals surface area contributed by atoms with Crippen LogP contribution in [0.5, 0.6) is 5.75 Å². The number of aliphatic hydroxyl groups is 1. The van der Waals surface area contributed by atoms with E-state index in [1.54, 1.807) is 18.0 Å². The molecule has 0 spiro atoms. The molecule has 2 heterocycles. The monoisotopic (exact) mass is 562 g/mol. The number of fused-ring (bicyclic) bond motifs is 1. The largest absolute Gasteiger partial charge is 0.494 e. The van der Waals surface area contributed by atoms with Gasteiger partial charge in [-0.25, -0.2) is 0 Å². The predicted octanol–water partition coefficient (Wildman–Crippen LogP) is 4.49. The van der Waals surface area contributed by atoms with Crippen LogP contribution in [0.2, 0.25) is 10.0 Å². The Hall–Kier alpha value is -2.33. The topological polar surface area (TPSA) is 70.4 Å². The highest BCUT2D eigenvalue weighted by atomic mass is 35.5. The number of unbranched alkanes of at least 4 members (excludes halogenated alkanes) is 1. The van der Waals surface area contributed by atoms with Crippen molar-refractivity contribution in [3.63, 3.8) is 0 Å². The molecule has 1 fully saturated rings. The van der Waals surface area contributed by atoms with Gasteiger partial charge in [-0.2, -0.15) is 0 Å². The lowest BCUT2D eigenvalue weighted by Crippen LogP contribution is -2.46. The van der Waals surface area contributed by atoms with Crippen molar-refractivity contribution in [3.8, 4) is 5.75 Å². The Kier molecular flexibility index (Phi) is 10.3. The fourth-order valence-electron chi connectivity index (χ4n) is 4.49. The Bertz CT molecular complexity index is 1260. The van der Waals surface area contributed by atoms with Crippen molar-refractivity contribution in [1.29, 1.82) is 0 Å². The average molecular weight is 564 g/mol. The first-order valence-electron chi connectivity index (χ1n) is 13.0.